The first kappa shape index (κ1) is 27.1. The Hall–Kier alpha value is -3.49. The van der Waals surface area contributed by atoms with E-state index in [1.807, 2.05) is 0 Å². The molecule has 2 aliphatic rings. The second-order valence-corrected chi connectivity index (χ2v) is 9.62. The standard InChI is InChI=1S/C25H30F3N7O4/c26-25(27,28)16-32-7-5-19(6-8-32)35-23-20(15-29-35)22(33-10-13-39-14-11-33)30-21(31-23)17-1-3-18(4-2-17)34(9-12-36)24(37)38/h1-4,15,19,36H,5-14,16H2,(H,37,38). The fraction of sp³-hybridized carbons (Fsp3) is 0.520. The first-order valence-electron chi connectivity index (χ1n) is 12.8. The number of aliphatic hydroxyl groups is 1. The molecule has 2 aliphatic heterocycles. The number of carbonyl (C=O) groups is 1. The normalized spacial score (nSPS) is 17.6. The highest BCUT2D eigenvalue weighted by Crippen LogP contribution is 2.33. The summed E-state index contributed by atoms with van der Waals surface area (Å²) in [6, 6.07) is 6.62. The summed E-state index contributed by atoms with van der Waals surface area (Å²) in [5.41, 5.74) is 1.68. The lowest BCUT2D eigenvalue weighted by Crippen LogP contribution is -2.40. The SMILES string of the molecule is O=C(O)N(CCO)c1ccc(-c2nc(N3CCOCC3)c3cnn(C4CCN(CC(F)(F)F)CC4)c3n2)cc1. The van der Waals surface area contributed by atoms with Crippen LogP contribution >= 0.6 is 0 Å². The molecular weight excluding hydrogens is 519 g/mol. The molecule has 0 unspecified atom stereocenters. The molecule has 4 heterocycles. The van der Waals surface area contributed by atoms with E-state index in [2.05, 4.69) is 10.00 Å². The number of aliphatic hydroxyl groups excluding tert-OH is 1. The van der Waals surface area contributed by atoms with Gasteiger partial charge in [-0.25, -0.2) is 19.4 Å². The number of hydrogen-bond donors (Lipinski definition) is 2. The van der Waals surface area contributed by atoms with E-state index in [4.69, 9.17) is 14.7 Å². The molecule has 0 saturated carbocycles. The van der Waals surface area contributed by atoms with Crippen LogP contribution in [0, 0.1) is 0 Å². The number of benzene rings is 1. The minimum absolute atomic E-state index is 0.0563. The van der Waals surface area contributed by atoms with Gasteiger partial charge in [0, 0.05) is 37.4 Å². The molecule has 2 saturated heterocycles. The Balaban J connectivity index is 1.48. The molecule has 2 N–H and O–H groups in total. The quantitative estimate of drug-likeness (QED) is 0.458. The van der Waals surface area contributed by atoms with Crippen molar-refractivity contribution in [3.8, 4) is 11.4 Å². The summed E-state index contributed by atoms with van der Waals surface area (Å²) in [5.74, 6) is 1.13. The van der Waals surface area contributed by atoms with E-state index in [-0.39, 0.29) is 19.2 Å². The number of piperidine rings is 1. The van der Waals surface area contributed by atoms with Gasteiger partial charge in [0.2, 0.25) is 0 Å². The van der Waals surface area contributed by atoms with Gasteiger partial charge < -0.3 is 19.8 Å². The number of fused-ring (bicyclic) bond motifs is 1. The van der Waals surface area contributed by atoms with Gasteiger partial charge in [-0.3, -0.25) is 9.80 Å². The van der Waals surface area contributed by atoms with E-state index in [1.54, 1.807) is 35.1 Å². The Morgan fingerprint density at radius 2 is 1.77 bits per heavy atom. The summed E-state index contributed by atoms with van der Waals surface area (Å²) in [7, 11) is 0. The number of carboxylic acid groups (broad SMARTS) is 1. The molecule has 11 nitrogen and oxygen atoms in total. The molecule has 0 aliphatic carbocycles. The number of ether oxygens (including phenoxy) is 1. The summed E-state index contributed by atoms with van der Waals surface area (Å²) in [6.45, 7) is 1.73. The maximum absolute atomic E-state index is 12.9. The van der Waals surface area contributed by atoms with Crippen molar-refractivity contribution in [3.05, 3.63) is 30.5 Å². The summed E-state index contributed by atoms with van der Waals surface area (Å²) in [6.07, 6.45) is -2.65. The number of nitrogens with zero attached hydrogens (tertiary/aromatic N) is 7. The number of rotatable bonds is 7. The fourth-order valence-electron chi connectivity index (χ4n) is 5.12. The van der Waals surface area contributed by atoms with Gasteiger partial charge in [0.1, 0.15) is 5.82 Å². The van der Waals surface area contributed by atoms with Crippen molar-refractivity contribution < 1.29 is 32.9 Å². The predicted octanol–water partition coefficient (Wildman–Crippen LogP) is 3.01. The zero-order valence-electron chi connectivity index (χ0n) is 21.2. The van der Waals surface area contributed by atoms with E-state index in [1.165, 1.54) is 4.90 Å². The molecule has 14 heteroatoms. The predicted molar refractivity (Wildman–Crippen MR) is 137 cm³/mol. The third kappa shape index (κ3) is 6.07. The zero-order chi connectivity index (χ0) is 27.6. The first-order chi connectivity index (χ1) is 18.7. The van der Waals surface area contributed by atoms with Crippen LogP contribution in [0.4, 0.5) is 29.5 Å². The van der Waals surface area contributed by atoms with Crippen molar-refractivity contribution in [1.29, 1.82) is 0 Å². The third-order valence-electron chi connectivity index (χ3n) is 7.04. The molecule has 0 atom stereocenters. The number of hydrogen-bond acceptors (Lipinski definition) is 8. The van der Waals surface area contributed by atoms with Crippen LogP contribution in [0.15, 0.2) is 30.5 Å². The van der Waals surface area contributed by atoms with Crippen molar-refractivity contribution in [2.45, 2.75) is 25.1 Å². The van der Waals surface area contributed by atoms with Crippen molar-refractivity contribution in [2.24, 2.45) is 0 Å². The van der Waals surface area contributed by atoms with E-state index in [0.717, 1.165) is 10.3 Å². The molecular formula is C25H30F3N7O4. The molecule has 2 fully saturated rings. The summed E-state index contributed by atoms with van der Waals surface area (Å²) in [5, 5.41) is 24.0. The summed E-state index contributed by atoms with van der Waals surface area (Å²) < 4.78 is 45.9. The number of likely N-dealkylation sites (tertiary alicyclic amines) is 1. The van der Waals surface area contributed by atoms with Crippen LogP contribution in [-0.2, 0) is 4.74 Å². The van der Waals surface area contributed by atoms with E-state index in [0.29, 0.717) is 80.8 Å². The molecule has 5 rings (SSSR count). The van der Waals surface area contributed by atoms with Crippen LogP contribution in [0.5, 0.6) is 0 Å². The van der Waals surface area contributed by atoms with Gasteiger partial charge in [-0.2, -0.15) is 18.3 Å². The lowest BCUT2D eigenvalue weighted by atomic mass is 10.1. The van der Waals surface area contributed by atoms with Crippen LogP contribution in [0.2, 0.25) is 0 Å². The number of anilines is 2. The minimum atomic E-state index is -4.23. The average Bonchev–Trinajstić information content (AvgIpc) is 3.35. The van der Waals surface area contributed by atoms with E-state index >= 15 is 0 Å². The Labute approximate surface area is 222 Å². The number of amides is 1. The van der Waals surface area contributed by atoms with Gasteiger partial charge in [0.25, 0.3) is 0 Å². The van der Waals surface area contributed by atoms with Gasteiger partial charge in [-0.1, -0.05) is 0 Å². The fourth-order valence-corrected chi connectivity index (χ4v) is 5.12. The van der Waals surface area contributed by atoms with Gasteiger partial charge >= 0.3 is 12.3 Å². The molecule has 0 spiro atoms. The van der Waals surface area contributed by atoms with Crippen molar-refractivity contribution >= 4 is 28.6 Å². The van der Waals surface area contributed by atoms with E-state index < -0.39 is 18.8 Å². The maximum atomic E-state index is 12.9. The Morgan fingerprint density at radius 3 is 2.38 bits per heavy atom. The molecule has 2 aromatic heterocycles. The average molecular weight is 550 g/mol. The number of morpholine rings is 1. The van der Waals surface area contributed by atoms with Crippen LogP contribution in [-0.4, -0.2) is 106 Å². The van der Waals surface area contributed by atoms with Crippen molar-refractivity contribution in [2.75, 3.05) is 68.9 Å². The largest absolute Gasteiger partial charge is 0.465 e. The molecule has 39 heavy (non-hydrogen) atoms. The molecule has 1 amide bonds. The Morgan fingerprint density at radius 1 is 1.08 bits per heavy atom. The molecule has 1 aromatic carbocycles. The Bertz CT molecular complexity index is 1290. The van der Waals surface area contributed by atoms with Crippen LogP contribution in [0.3, 0.4) is 0 Å². The lowest BCUT2D eigenvalue weighted by Gasteiger charge is -2.32. The van der Waals surface area contributed by atoms with Gasteiger partial charge in [0.05, 0.1) is 50.5 Å². The highest BCUT2D eigenvalue weighted by molar-refractivity contribution is 5.89. The van der Waals surface area contributed by atoms with Gasteiger partial charge in [0.15, 0.2) is 11.5 Å². The monoisotopic (exact) mass is 549 g/mol. The highest BCUT2D eigenvalue weighted by atomic mass is 19.4. The van der Waals surface area contributed by atoms with Crippen molar-refractivity contribution in [3.63, 3.8) is 0 Å². The van der Waals surface area contributed by atoms with Crippen molar-refractivity contribution in [1.82, 2.24) is 24.6 Å². The third-order valence-corrected chi connectivity index (χ3v) is 7.04. The summed E-state index contributed by atoms with van der Waals surface area (Å²) in [4.78, 5) is 25.8. The van der Waals surface area contributed by atoms with Gasteiger partial charge in [-0.05, 0) is 37.1 Å². The molecule has 0 radical (unpaired) electrons. The zero-order valence-corrected chi connectivity index (χ0v) is 21.2. The second kappa shape index (κ2) is 11.3. The van der Waals surface area contributed by atoms with Crippen LogP contribution in [0.1, 0.15) is 18.9 Å². The second-order valence-electron chi connectivity index (χ2n) is 9.62. The lowest BCUT2D eigenvalue weighted by molar-refractivity contribution is -0.148. The minimum Gasteiger partial charge on any atom is -0.465 e. The van der Waals surface area contributed by atoms with E-state index in [9.17, 15) is 28.2 Å². The smallest absolute Gasteiger partial charge is 0.411 e. The highest BCUT2D eigenvalue weighted by Gasteiger charge is 2.33. The molecule has 3 aromatic rings. The topological polar surface area (TPSA) is 120 Å². The molecule has 210 valence electrons. The van der Waals surface area contributed by atoms with Gasteiger partial charge in [-0.15, -0.1) is 0 Å². The van der Waals surface area contributed by atoms with Crippen LogP contribution < -0.4 is 9.80 Å². The Kier molecular flexibility index (Phi) is 7.86. The summed E-state index contributed by atoms with van der Waals surface area (Å²) >= 11 is 0. The molecule has 0 bridgehead atoms. The number of aromatic nitrogens is 4. The van der Waals surface area contributed by atoms with Crippen LogP contribution in [0.25, 0.3) is 22.4 Å². The maximum Gasteiger partial charge on any atom is 0.411 e. The first-order valence-corrected chi connectivity index (χ1v) is 12.8. The number of halogens is 3. The number of alkyl halides is 3.